The summed E-state index contributed by atoms with van der Waals surface area (Å²) in [7, 11) is -3.17. The van der Waals surface area contributed by atoms with Crippen molar-refractivity contribution in [1.29, 1.82) is 0 Å². The molecule has 0 aliphatic rings. The van der Waals surface area contributed by atoms with E-state index in [1.54, 1.807) is 0 Å². The van der Waals surface area contributed by atoms with Gasteiger partial charge in [0.15, 0.2) is 5.96 Å². The van der Waals surface area contributed by atoms with E-state index in [9.17, 15) is 8.42 Å². The second-order valence-electron chi connectivity index (χ2n) is 4.79. The van der Waals surface area contributed by atoms with Crippen molar-refractivity contribution >= 4 is 16.0 Å². The van der Waals surface area contributed by atoms with Gasteiger partial charge in [0.05, 0.1) is 5.75 Å². The molecule has 0 rings (SSSR count). The van der Waals surface area contributed by atoms with Gasteiger partial charge in [0.25, 0.3) is 0 Å². The molecule has 0 amide bonds. The quantitative estimate of drug-likeness (QED) is 0.343. The second-order valence-corrected chi connectivity index (χ2v) is 6.88. The molecule has 0 bridgehead atoms. The minimum absolute atomic E-state index is 0.0913. The van der Waals surface area contributed by atoms with Crippen molar-refractivity contribution in [2.45, 2.75) is 47.0 Å². The van der Waals surface area contributed by atoms with E-state index in [2.05, 4.69) is 22.5 Å². The molecule has 0 aliphatic carbocycles. The highest BCUT2D eigenvalue weighted by molar-refractivity contribution is 7.89. The Bertz CT molecular complexity index is 378. The number of aliphatic imine (C=N–C) groups is 1. The SMILES string of the molecule is CCCCCN=C(NCC)NCCS(=O)(=O)N(CC)CC. The molecule has 0 saturated carbocycles. The Labute approximate surface area is 130 Å². The maximum absolute atomic E-state index is 12.1. The molecule has 0 aromatic carbocycles. The summed E-state index contributed by atoms with van der Waals surface area (Å²) in [5.74, 6) is 0.789. The fourth-order valence-electron chi connectivity index (χ4n) is 1.94. The van der Waals surface area contributed by atoms with E-state index < -0.39 is 10.0 Å². The van der Waals surface area contributed by atoms with Crippen molar-refractivity contribution in [3.8, 4) is 0 Å². The maximum Gasteiger partial charge on any atom is 0.215 e. The van der Waals surface area contributed by atoms with Crippen LogP contribution in [0, 0.1) is 0 Å². The Morgan fingerprint density at radius 3 is 2.24 bits per heavy atom. The molecule has 0 aromatic rings. The molecule has 21 heavy (non-hydrogen) atoms. The van der Waals surface area contributed by atoms with E-state index in [4.69, 9.17) is 0 Å². The minimum atomic E-state index is -3.17. The second kappa shape index (κ2) is 11.8. The summed E-state index contributed by atoms with van der Waals surface area (Å²) < 4.78 is 25.6. The van der Waals surface area contributed by atoms with Crippen LogP contribution in [0.25, 0.3) is 0 Å². The first kappa shape index (κ1) is 20.2. The molecule has 0 atom stereocenters. The first-order valence-electron chi connectivity index (χ1n) is 8.01. The van der Waals surface area contributed by atoms with Gasteiger partial charge >= 0.3 is 0 Å². The maximum atomic E-state index is 12.1. The van der Waals surface area contributed by atoms with Crippen LogP contribution in [0.4, 0.5) is 0 Å². The molecule has 0 fully saturated rings. The Kier molecular flexibility index (Phi) is 11.3. The van der Waals surface area contributed by atoms with E-state index in [1.807, 2.05) is 20.8 Å². The lowest BCUT2D eigenvalue weighted by atomic mass is 10.2. The van der Waals surface area contributed by atoms with Crippen LogP contribution in [0.5, 0.6) is 0 Å². The van der Waals surface area contributed by atoms with Crippen molar-refractivity contribution in [1.82, 2.24) is 14.9 Å². The van der Waals surface area contributed by atoms with Crippen molar-refractivity contribution in [3.63, 3.8) is 0 Å². The lowest BCUT2D eigenvalue weighted by Gasteiger charge is -2.19. The third kappa shape index (κ3) is 8.93. The normalized spacial score (nSPS) is 12.7. The number of guanidine groups is 1. The van der Waals surface area contributed by atoms with E-state index in [0.29, 0.717) is 25.6 Å². The minimum Gasteiger partial charge on any atom is -0.357 e. The summed E-state index contributed by atoms with van der Waals surface area (Å²) in [6.07, 6.45) is 3.39. The predicted molar refractivity (Wildman–Crippen MR) is 90.2 cm³/mol. The molecular weight excluding hydrogens is 288 g/mol. The van der Waals surface area contributed by atoms with Crippen molar-refractivity contribution < 1.29 is 8.42 Å². The largest absolute Gasteiger partial charge is 0.357 e. The van der Waals surface area contributed by atoms with E-state index in [0.717, 1.165) is 19.5 Å². The summed E-state index contributed by atoms with van der Waals surface area (Å²) in [5.41, 5.74) is 0. The van der Waals surface area contributed by atoms with Gasteiger partial charge in [-0.05, 0) is 13.3 Å². The van der Waals surface area contributed by atoms with Crippen molar-refractivity contribution in [2.24, 2.45) is 4.99 Å². The Balaban J connectivity index is 4.30. The van der Waals surface area contributed by atoms with Crippen LogP contribution in [-0.4, -0.2) is 57.2 Å². The van der Waals surface area contributed by atoms with E-state index >= 15 is 0 Å². The van der Waals surface area contributed by atoms with Gasteiger partial charge in [-0.2, -0.15) is 0 Å². The number of rotatable bonds is 11. The first-order valence-corrected chi connectivity index (χ1v) is 9.62. The van der Waals surface area contributed by atoms with Crippen LogP contribution in [-0.2, 0) is 10.0 Å². The number of unbranched alkanes of at least 4 members (excludes halogenated alkanes) is 2. The van der Waals surface area contributed by atoms with Gasteiger partial charge < -0.3 is 10.6 Å². The number of nitrogens with zero attached hydrogens (tertiary/aromatic N) is 2. The third-order valence-corrected chi connectivity index (χ3v) is 5.15. The van der Waals surface area contributed by atoms with Gasteiger partial charge in [-0.15, -0.1) is 0 Å². The molecule has 0 radical (unpaired) electrons. The van der Waals surface area contributed by atoms with Gasteiger partial charge in [0, 0.05) is 32.7 Å². The van der Waals surface area contributed by atoms with Gasteiger partial charge in [-0.1, -0.05) is 33.6 Å². The molecule has 0 aromatic heterocycles. The molecular formula is C14H32N4O2S. The average Bonchev–Trinajstić information content (AvgIpc) is 2.44. The Morgan fingerprint density at radius 1 is 1.05 bits per heavy atom. The van der Waals surface area contributed by atoms with Crippen LogP contribution in [0.1, 0.15) is 47.0 Å². The van der Waals surface area contributed by atoms with Gasteiger partial charge in [-0.3, -0.25) is 4.99 Å². The first-order chi connectivity index (χ1) is 10.0. The van der Waals surface area contributed by atoms with Crippen LogP contribution >= 0.6 is 0 Å². The summed E-state index contributed by atoms with van der Waals surface area (Å²) in [6.45, 7) is 10.8. The van der Waals surface area contributed by atoms with E-state index in [-0.39, 0.29) is 5.75 Å². The highest BCUT2D eigenvalue weighted by Crippen LogP contribution is 1.99. The van der Waals surface area contributed by atoms with Crippen LogP contribution in [0.3, 0.4) is 0 Å². The Hall–Kier alpha value is -0.820. The van der Waals surface area contributed by atoms with E-state index in [1.165, 1.54) is 17.1 Å². The average molecular weight is 321 g/mol. The highest BCUT2D eigenvalue weighted by atomic mass is 32.2. The van der Waals surface area contributed by atoms with Gasteiger partial charge in [0.2, 0.25) is 10.0 Å². The molecule has 0 heterocycles. The third-order valence-electron chi connectivity index (χ3n) is 3.13. The van der Waals surface area contributed by atoms with Crippen LogP contribution < -0.4 is 10.6 Å². The molecule has 0 saturated heterocycles. The fourth-order valence-corrected chi connectivity index (χ4v) is 3.34. The number of sulfonamides is 1. The monoisotopic (exact) mass is 320 g/mol. The van der Waals surface area contributed by atoms with Crippen LogP contribution in [0.15, 0.2) is 4.99 Å². The number of hydrogen-bond acceptors (Lipinski definition) is 3. The van der Waals surface area contributed by atoms with Crippen LogP contribution in [0.2, 0.25) is 0 Å². The molecule has 0 aliphatic heterocycles. The smallest absolute Gasteiger partial charge is 0.215 e. The molecule has 0 spiro atoms. The predicted octanol–water partition coefficient (Wildman–Crippen LogP) is 1.40. The molecule has 126 valence electrons. The zero-order valence-corrected chi connectivity index (χ0v) is 14.8. The summed E-state index contributed by atoms with van der Waals surface area (Å²) >= 11 is 0. The number of nitrogens with one attached hydrogen (secondary N) is 2. The van der Waals surface area contributed by atoms with Crippen molar-refractivity contribution in [3.05, 3.63) is 0 Å². The summed E-state index contributed by atoms with van der Waals surface area (Å²) in [6, 6.07) is 0. The molecule has 6 nitrogen and oxygen atoms in total. The standard InChI is InChI=1S/C14H32N4O2S/c1-5-9-10-11-16-14(15-6-2)17-12-13-21(19,20)18(7-3)8-4/h5-13H2,1-4H3,(H2,15,16,17). The lowest BCUT2D eigenvalue weighted by Crippen LogP contribution is -2.42. The van der Waals surface area contributed by atoms with Crippen molar-refractivity contribution in [2.75, 3.05) is 38.5 Å². The zero-order chi connectivity index (χ0) is 16.1. The van der Waals surface area contributed by atoms with Gasteiger partial charge in [0.1, 0.15) is 0 Å². The Morgan fingerprint density at radius 2 is 1.71 bits per heavy atom. The fraction of sp³-hybridized carbons (Fsp3) is 0.929. The summed E-state index contributed by atoms with van der Waals surface area (Å²) in [5, 5.41) is 6.22. The molecule has 0 unspecified atom stereocenters. The summed E-state index contributed by atoms with van der Waals surface area (Å²) in [4.78, 5) is 4.44. The van der Waals surface area contributed by atoms with Gasteiger partial charge in [-0.25, -0.2) is 12.7 Å². The molecule has 7 heteroatoms. The zero-order valence-electron chi connectivity index (χ0n) is 14.0. The highest BCUT2D eigenvalue weighted by Gasteiger charge is 2.18. The lowest BCUT2D eigenvalue weighted by molar-refractivity contribution is 0.445. The number of hydrogen-bond donors (Lipinski definition) is 2. The topological polar surface area (TPSA) is 73.8 Å². The molecule has 2 N–H and O–H groups in total.